The highest BCUT2D eigenvalue weighted by Crippen LogP contribution is 2.30. The minimum atomic E-state index is -0.863. The van der Waals surface area contributed by atoms with E-state index in [0.717, 1.165) is 6.07 Å². The molecule has 0 aliphatic carbocycles. The normalized spacial score (nSPS) is 12.8. The summed E-state index contributed by atoms with van der Waals surface area (Å²) in [5, 5.41) is 13.2. The van der Waals surface area contributed by atoms with Gasteiger partial charge in [-0.3, -0.25) is 29.4 Å². The molecule has 0 unspecified atom stereocenters. The van der Waals surface area contributed by atoms with Crippen LogP contribution in [0.2, 0.25) is 0 Å². The van der Waals surface area contributed by atoms with Crippen molar-refractivity contribution in [2.24, 2.45) is 0 Å². The molecule has 0 saturated heterocycles. The molecule has 8 heteroatoms. The maximum absolute atomic E-state index is 12.1. The van der Waals surface area contributed by atoms with E-state index in [9.17, 15) is 24.5 Å². The molecule has 1 aliphatic heterocycles. The second kappa shape index (κ2) is 5.42. The number of benzene rings is 1. The third kappa shape index (κ3) is 2.44. The lowest BCUT2D eigenvalue weighted by Gasteiger charge is -2.12. The summed E-state index contributed by atoms with van der Waals surface area (Å²) < 4.78 is 0. The molecule has 1 aromatic rings. The van der Waals surface area contributed by atoms with Gasteiger partial charge in [-0.05, 0) is 6.07 Å². The van der Waals surface area contributed by atoms with Crippen molar-refractivity contribution < 1.29 is 19.3 Å². The molecule has 21 heavy (non-hydrogen) atoms. The first kappa shape index (κ1) is 14.2. The number of nitrogens with zero attached hydrogens (tertiary/aromatic N) is 2. The molecule has 8 nitrogen and oxygen atoms in total. The van der Waals surface area contributed by atoms with Gasteiger partial charge >= 0.3 is 0 Å². The van der Waals surface area contributed by atoms with Gasteiger partial charge in [-0.2, -0.15) is 0 Å². The van der Waals surface area contributed by atoms with Crippen molar-refractivity contribution in [1.82, 2.24) is 10.2 Å². The van der Waals surface area contributed by atoms with E-state index in [1.165, 1.54) is 12.1 Å². The molecule has 2 rings (SSSR count). The number of terminal acetylenes is 1. The van der Waals surface area contributed by atoms with Gasteiger partial charge in [0.2, 0.25) is 5.91 Å². The van der Waals surface area contributed by atoms with E-state index in [1.54, 1.807) is 0 Å². The number of hydrogen-bond acceptors (Lipinski definition) is 5. The lowest BCUT2D eigenvalue weighted by atomic mass is 10.1. The van der Waals surface area contributed by atoms with Crippen molar-refractivity contribution in [2.45, 2.75) is 0 Å². The molecule has 1 aliphatic rings. The Kier molecular flexibility index (Phi) is 3.67. The second-order valence-electron chi connectivity index (χ2n) is 4.13. The number of carbonyl (C=O) groups excluding carboxylic acids is 3. The first-order valence-electron chi connectivity index (χ1n) is 5.81. The van der Waals surface area contributed by atoms with E-state index >= 15 is 0 Å². The number of hydrogen-bond donors (Lipinski definition) is 1. The van der Waals surface area contributed by atoms with Crippen LogP contribution in [0.25, 0.3) is 0 Å². The Morgan fingerprint density at radius 3 is 2.71 bits per heavy atom. The number of rotatable bonds is 4. The van der Waals surface area contributed by atoms with Crippen LogP contribution in [-0.4, -0.2) is 40.6 Å². The summed E-state index contributed by atoms with van der Waals surface area (Å²) in [5.74, 6) is -0.0468. The monoisotopic (exact) mass is 287 g/mol. The number of carbonyl (C=O) groups is 3. The topological polar surface area (TPSA) is 110 Å². The van der Waals surface area contributed by atoms with Crippen LogP contribution in [0, 0.1) is 22.5 Å². The number of imide groups is 1. The van der Waals surface area contributed by atoms with Gasteiger partial charge in [0.15, 0.2) is 0 Å². The van der Waals surface area contributed by atoms with Gasteiger partial charge in [0, 0.05) is 6.07 Å². The molecule has 0 fully saturated rings. The fraction of sp³-hybridized carbons (Fsp3) is 0.154. The summed E-state index contributed by atoms with van der Waals surface area (Å²) in [5.41, 5.74) is -0.839. The Morgan fingerprint density at radius 2 is 2.10 bits per heavy atom. The Balaban J connectivity index is 2.31. The number of amides is 3. The van der Waals surface area contributed by atoms with E-state index in [-0.39, 0.29) is 17.7 Å². The molecule has 1 aromatic carbocycles. The summed E-state index contributed by atoms with van der Waals surface area (Å²) in [6.07, 6.45) is 4.97. The van der Waals surface area contributed by atoms with Crippen LogP contribution < -0.4 is 5.32 Å². The lowest BCUT2D eigenvalue weighted by Crippen LogP contribution is -2.40. The highest BCUT2D eigenvalue weighted by molar-refractivity contribution is 6.24. The summed E-state index contributed by atoms with van der Waals surface area (Å²) in [6, 6.07) is 3.75. The van der Waals surface area contributed by atoms with Gasteiger partial charge in [-0.1, -0.05) is 12.0 Å². The Morgan fingerprint density at radius 1 is 1.38 bits per heavy atom. The molecule has 0 atom stereocenters. The Bertz CT molecular complexity index is 704. The minimum Gasteiger partial charge on any atom is -0.344 e. The highest BCUT2D eigenvalue weighted by atomic mass is 16.6. The van der Waals surface area contributed by atoms with E-state index in [2.05, 4.69) is 11.2 Å². The molecular formula is C13H9N3O5. The fourth-order valence-corrected chi connectivity index (χ4v) is 1.96. The van der Waals surface area contributed by atoms with Crippen LogP contribution in [0.4, 0.5) is 5.69 Å². The molecule has 0 aromatic heterocycles. The van der Waals surface area contributed by atoms with Crippen molar-refractivity contribution in [2.75, 3.05) is 13.1 Å². The first-order valence-corrected chi connectivity index (χ1v) is 5.81. The molecule has 1 heterocycles. The predicted octanol–water partition coefficient (Wildman–Crippen LogP) is -0.0598. The van der Waals surface area contributed by atoms with Gasteiger partial charge in [0.1, 0.15) is 12.1 Å². The second-order valence-corrected chi connectivity index (χ2v) is 4.13. The predicted molar refractivity (Wildman–Crippen MR) is 70.3 cm³/mol. The maximum Gasteiger partial charge on any atom is 0.282 e. The highest BCUT2D eigenvalue weighted by Gasteiger charge is 2.41. The SMILES string of the molecule is C#CCNC(=O)CN1C(=O)c2cccc([N+](=O)[O-])c2C1=O. The Hall–Kier alpha value is -3.21. The number of nitrogens with one attached hydrogen (secondary N) is 1. The van der Waals surface area contributed by atoms with Crippen LogP contribution in [-0.2, 0) is 4.79 Å². The smallest absolute Gasteiger partial charge is 0.282 e. The molecule has 1 N–H and O–H groups in total. The van der Waals surface area contributed by atoms with Crippen molar-refractivity contribution in [3.63, 3.8) is 0 Å². The molecule has 0 bridgehead atoms. The largest absolute Gasteiger partial charge is 0.344 e. The molecular weight excluding hydrogens is 278 g/mol. The van der Waals surface area contributed by atoms with Gasteiger partial charge < -0.3 is 5.32 Å². The lowest BCUT2D eigenvalue weighted by molar-refractivity contribution is -0.385. The van der Waals surface area contributed by atoms with E-state index in [4.69, 9.17) is 6.42 Å². The molecule has 3 amide bonds. The third-order valence-electron chi connectivity index (χ3n) is 2.86. The summed E-state index contributed by atoms with van der Waals surface area (Å²) in [4.78, 5) is 46.5. The summed E-state index contributed by atoms with van der Waals surface area (Å²) in [6.45, 7) is -0.576. The maximum atomic E-state index is 12.1. The zero-order valence-electron chi connectivity index (χ0n) is 10.7. The van der Waals surface area contributed by atoms with E-state index in [1.807, 2.05) is 0 Å². The van der Waals surface area contributed by atoms with Gasteiger partial charge in [0.25, 0.3) is 17.5 Å². The van der Waals surface area contributed by atoms with Crippen molar-refractivity contribution in [3.05, 3.63) is 39.4 Å². The zero-order valence-corrected chi connectivity index (χ0v) is 10.7. The molecule has 0 saturated carbocycles. The number of nitro groups is 1. The number of nitro benzene ring substituents is 1. The standard InChI is InChI=1S/C13H9N3O5/c1-2-6-14-10(17)7-15-12(18)8-4-3-5-9(16(20)21)11(8)13(15)19/h1,3-5H,6-7H2,(H,14,17). The van der Waals surface area contributed by atoms with Crippen molar-refractivity contribution >= 4 is 23.4 Å². The molecule has 0 radical (unpaired) electrons. The molecule has 0 spiro atoms. The number of fused-ring (bicyclic) bond motifs is 1. The van der Waals surface area contributed by atoms with Crippen LogP contribution >= 0.6 is 0 Å². The minimum absolute atomic E-state index is 0.0395. The third-order valence-corrected chi connectivity index (χ3v) is 2.86. The fourth-order valence-electron chi connectivity index (χ4n) is 1.96. The van der Waals surface area contributed by atoms with Gasteiger partial charge in [-0.25, -0.2) is 0 Å². The van der Waals surface area contributed by atoms with Crippen LogP contribution in [0.5, 0.6) is 0 Å². The Labute approximate surface area is 118 Å². The average molecular weight is 287 g/mol. The van der Waals surface area contributed by atoms with Crippen LogP contribution in [0.15, 0.2) is 18.2 Å². The molecule has 106 valence electrons. The van der Waals surface area contributed by atoms with Gasteiger partial charge in [0.05, 0.1) is 17.0 Å². The van der Waals surface area contributed by atoms with E-state index < -0.39 is 34.9 Å². The summed E-state index contributed by atoms with van der Waals surface area (Å²) in [7, 11) is 0. The van der Waals surface area contributed by atoms with Crippen LogP contribution in [0.3, 0.4) is 0 Å². The van der Waals surface area contributed by atoms with Crippen LogP contribution in [0.1, 0.15) is 20.7 Å². The first-order chi connectivity index (χ1) is 9.97. The summed E-state index contributed by atoms with van der Waals surface area (Å²) >= 11 is 0. The van der Waals surface area contributed by atoms with E-state index in [0.29, 0.717) is 4.90 Å². The quantitative estimate of drug-likeness (QED) is 0.361. The van der Waals surface area contributed by atoms with Crippen molar-refractivity contribution in [1.29, 1.82) is 0 Å². The van der Waals surface area contributed by atoms with Gasteiger partial charge in [-0.15, -0.1) is 6.42 Å². The average Bonchev–Trinajstić information content (AvgIpc) is 2.70. The zero-order chi connectivity index (χ0) is 15.6. The van der Waals surface area contributed by atoms with Crippen molar-refractivity contribution in [3.8, 4) is 12.3 Å².